The molecule has 122 valence electrons. The quantitative estimate of drug-likeness (QED) is 0.847. The van der Waals surface area contributed by atoms with E-state index in [-0.39, 0.29) is 11.5 Å². The highest BCUT2D eigenvalue weighted by Crippen LogP contribution is 2.27. The smallest absolute Gasteiger partial charge is 0.433 e. The lowest BCUT2D eigenvalue weighted by molar-refractivity contribution is -0.143. The van der Waals surface area contributed by atoms with Crippen LogP contribution in [0.25, 0.3) is 0 Å². The number of carbonyl (C=O) groups is 2. The molecule has 0 aromatic carbocycles. The number of rotatable bonds is 5. The van der Waals surface area contributed by atoms with Crippen LogP contribution < -0.4 is 5.32 Å². The number of hydrogen-bond acceptors (Lipinski definition) is 4. The van der Waals surface area contributed by atoms with Gasteiger partial charge in [-0.25, -0.2) is 4.79 Å². The topological polar surface area (TPSA) is 68.3 Å². The van der Waals surface area contributed by atoms with E-state index in [2.05, 4.69) is 15.0 Å². The molecule has 1 heterocycles. The molecule has 0 aliphatic carbocycles. The summed E-state index contributed by atoms with van der Waals surface area (Å²) in [6, 6.07) is 0.860. The highest BCUT2D eigenvalue weighted by molar-refractivity contribution is 5.96. The Balaban J connectivity index is 2.83. The Bertz CT molecular complexity index is 527. The van der Waals surface area contributed by atoms with Crippen molar-refractivity contribution in [3.05, 3.63) is 29.6 Å². The molecule has 1 unspecified atom stereocenters. The second-order valence-electron chi connectivity index (χ2n) is 5.11. The minimum atomic E-state index is -4.57. The van der Waals surface area contributed by atoms with Gasteiger partial charge < -0.3 is 10.1 Å². The minimum Gasteiger partial charge on any atom is -0.467 e. The van der Waals surface area contributed by atoms with Crippen molar-refractivity contribution >= 4 is 11.9 Å². The van der Waals surface area contributed by atoms with Gasteiger partial charge >= 0.3 is 12.1 Å². The first-order valence-corrected chi connectivity index (χ1v) is 6.57. The Labute approximate surface area is 125 Å². The second-order valence-corrected chi connectivity index (χ2v) is 5.11. The zero-order valence-corrected chi connectivity index (χ0v) is 12.4. The van der Waals surface area contributed by atoms with E-state index < -0.39 is 29.8 Å². The Morgan fingerprint density at radius 2 is 1.95 bits per heavy atom. The molecule has 1 rings (SSSR count). The van der Waals surface area contributed by atoms with Crippen LogP contribution in [-0.4, -0.2) is 30.0 Å². The normalized spacial score (nSPS) is 12.9. The summed E-state index contributed by atoms with van der Waals surface area (Å²) in [4.78, 5) is 26.8. The Kier molecular flexibility index (Phi) is 5.90. The number of carbonyl (C=O) groups excluding carboxylic acids is 2. The third-order valence-electron chi connectivity index (χ3n) is 2.81. The molecule has 0 radical (unpaired) electrons. The molecule has 1 atom stereocenters. The van der Waals surface area contributed by atoms with Crippen LogP contribution in [0.1, 0.15) is 36.3 Å². The number of alkyl halides is 3. The van der Waals surface area contributed by atoms with Gasteiger partial charge in [0.25, 0.3) is 5.91 Å². The van der Waals surface area contributed by atoms with E-state index in [1.165, 1.54) is 7.11 Å². The molecular formula is C14H17F3N2O3. The molecule has 0 bridgehead atoms. The van der Waals surface area contributed by atoms with E-state index in [1.54, 1.807) is 0 Å². The summed E-state index contributed by atoms with van der Waals surface area (Å²) in [5, 5.41) is 2.44. The summed E-state index contributed by atoms with van der Waals surface area (Å²) in [7, 11) is 1.20. The van der Waals surface area contributed by atoms with Crippen molar-refractivity contribution in [1.29, 1.82) is 0 Å². The van der Waals surface area contributed by atoms with Crippen molar-refractivity contribution in [3.63, 3.8) is 0 Å². The predicted molar refractivity (Wildman–Crippen MR) is 72.0 cm³/mol. The van der Waals surface area contributed by atoms with E-state index in [0.29, 0.717) is 12.5 Å². The van der Waals surface area contributed by atoms with Gasteiger partial charge in [0.1, 0.15) is 11.7 Å². The van der Waals surface area contributed by atoms with Gasteiger partial charge in [0.2, 0.25) is 0 Å². The summed E-state index contributed by atoms with van der Waals surface area (Å²) in [5.74, 6) is -1.17. The molecule has 0 spiro atoms. The Hall–Kier alpha value is -2.12. The third kappa shape index (κ3) is 5.01. The van der Waals surface area contributed by atoms with E-state index >= 15 is 0 Å². The second kappa shape index (κ2) is 7.24. The molecule has 5 nitrogen and oxygen atoms in total. The Morgan fingerprint density at radius 1 is 1.32 bits per heavy atom. The van der Waals surface area contributed by atoms with Gasteiger partial charge in [0.15, 0.2) is 0 Å². The van der Waals surface area contributed by atoms with Crippen LogP contribution in [0.15, 0.2) is 18.3 Å². The number of esters is 1. The third-order valence-corrected chi connectivity index (χ3v) is 2.81. The number of halogens is 3. The molecule has 0 saturated heterocycles. The fraction of sp³-hybridized carbons (Fsp3) is 0.500. The summed E-state index contributed by atoms with van der Waals surface area (Å²) in [5.41, 5.74) is -1.15. The van der Waals surface area contributed by atoms with Crippen LogP contribution in [0.4, 0.5) is 13.2 Å². The summed E-state index contributed by atoms with van der Waals surface area (Å²) < 4.78 is 41.8. The number of amides is 1. The lowest BCUT2D eigenvalue weighted by atomic mass is 10.0. The molecule has 1 aromatic heterocycles. The molecule has 1 N–H and O–H groups in total. The van der Waals surface area contributed by atoms with Crippen LogP contribution in [0.5, 0.6) is 0 Å². The molecule has 0 aliphatic rings. The molecule has 0 saturated carbocycles. The lowest BCUT2D eigenvalue weighted by Crippen LogP contribution is -2.42. The predicted octanol–water partition coefficient (Wildman–Crippen LogP) is 2.42. The SMILES string of the molecule is COC(=O)C(CC(C)C)NC(=O)c1ccc(C(F)(F)F)nc1. The van der Waals surface area contributed by atoms with Gasteiger partial charge in [-0.05, 0) is 24.5 Å². The van der Waals surface area contributed by atoms with Crippen molar-refractivity contribution in [1.82, 2.24) is 10.3 Å². The molecule has 0 aliphatic heterocycles. The van der Waals surface area contributed by atoms with Crippen molar-refractivity contribution in [3.8, 4) is 0 Å². The molecule has 22 heavy (non-hydrogen) atoms. The van der Waals surface area contributed by atoms with Gasteiger partial charge in [-0.3, -0.25) is 9.78 Å². The largest absolute Gasteiger partial charge is 0.467 e. The van der Waals surface area contributed by atoms with Gasteiger partial charge in [0, 0.05) is 6.20 Å². The van der Waals surface area contributed by atoms with E-state index in [4.69, 9.17) is 0 Å². The molecule has 8 heteroatoms. The van der Waals surface area contributed by atoms with Crippen LogP contribution in [-0.2, 0) is 15.7 Å². The molecule has 1 aromatic rings. The number of aromatic nitrogens is 1. The number of pyridine rings is 1. The average molecular weight is 318 g/mol. The van der Waals surface area contributed by atoms with E-state index in [0.717, 1.165) is 12.3 Å². The van der Waals surface area contributed by atoms with Gasteiger partial charge in [-0.15, -0.1) is 0 Å². The van der Waals surface area contributed by atoms with Crippen LogP contribution in [0.2, 0.25) is 0 Å². The van der Waals surface area contributed by atoms with Gasteiger partial charge in [-0.2, -0.15) is 13.2 Å². The van der Waals surface area contributed by atoms with Crippen LogP contribution in [0.3, 0.4) is 0 Å². The van der Waals surface area contributed by atoms with E-state index in [1.807, 2.05) is 13.8 Å². The zero-order valence-electron chi connectivity index (χ0n) is 12.4. The minimum absolute atomic E-state index is 0.0642. The molecule has 0 fully saturated rings. The first-order valence-electron chi connectivity index (χ1n) is 6.57. The Morgan fingerprint density at radius 3 is 2.36 bits per heavy atom. The fourth-order valence-corrected chi connectivity index (χ4v) is 1.77. The highest BCUT2D eigenvalue weighted by atomic mass is 19.4. The summed E-state index contributed by atoms with van der Waals surface area (Å²) in [6.07, 6.45) is -3.39. The average Bonchev–Trinajstić information content (AvgIpc) is 2.44. The maximum absolute atomic E-state index is 12.4. The van der Waals surface area contributed by atoms with Crippen molar-refractivity contribution < 1.29 is 27.5 Å². The van der Waals surface area contributed by atoms with Crippen molar-refractivity contribution in [2.75, 3.05) is 7.11 Å². The first-order chi connectivity index (χ1) is 10.1. The highest BCUT2D eigenvalue weighted by Gasteiger charge is 2.32. The van der Waals surface area contributed by atoms with Crippen molar-refractivity contribution in [2.45, 2.75) is 32.5 Å². The zero-order chi connectivity index (χ0) is 16.9. The van der Waals surface area contributed by atoms with Crippen LogP contribution >= 0.6 is 0 Å². The standard InChI is InChI=1S/C14H17F3N2O3/c1-8(2)6-10(13(21)22-3)19-12(20)9-4-5-11(18-7-9)14(15,16)17/h4-5,7-8,10H,6H2,1-3H3,(H,19,20). The number of hydrogen-bond donors (Lipinski definition) is 1. The number of nitrogens with one attached hydrogen (secondary N) is 1. The number of ether oxygens (including phenoxy) is 1. The maximum atomic E-state index is 12.4. The lowest BCUT2D eigenvalue weighted by Gasteiger charge is -2.18. The fourth-order valence-electron chi connectivity index (χ4n) is 1.77. The maximum Gasteiger partial charge on any atom is 0.433 e. The van der Waals surface area contributed by atoms with Gasteiger partial charge in [-0.1, -0.05) is 13.8 Å². The molecule has 1 amide bonds. The van der Waals surface area contributed by atoms with Crippen molar-refractivity contribution in [2.24, 2.45) is 5.92 Å². The monoisotopic (exact) mass is 318 g/mol. The number of methoxy groups -OCH3 is 1. The first kappa shape index (κ1) is 17.9. The summed E-state index contributed by atoms with van der Waals surface area (Å²) in [6.45, 7) is 3.73. The van der Waals surface area contributed by atoms with E-state index in [9.17, 15) is 22.8 Å². The van der Waals surface area contributed by atoms with Gasteiger partial charge in [0.05, 0.1) is 12.7 Å². The van der Waals surface area contributed by atoms with Crippen LogP contribution in [0, 0.1) is 5.92 Å². The summed E-state index contributed by atoms with van der Waals surface area (Å²) >= 11 is 0. The molecular weight excluding hydrogens is 301 g/mol. The number of nitrogens with zero attached hydrogens (tertiary/aromatic N) is 1.